The van der Waals surface area contributed by atoms with Gasteiger partial charge in [-0.1, -0.05) is 6.07 Å². The predicted octanol–water partition coefficient (Wildman–Crippen LogP) is 1.05. The van der Waals surface area contributed by atoms with E-state index in [-0.39, 0.29) is 6.04 Å². The molecule has 2 heterocycles. The number of aromatic nitrogens is 1. The summed E-state index contributed by atoms with van der Waals surface area (Å²) in [5.74, 6) is 0. The second-order valence-corrected chi connectivity index (χ2v) is 3.29. The fourth-order valence-corrected chi connectivity index (χ4v) is 1.60. The van der Waals surface area contributed by atoms with Gasteiger partial charge in [0, 0.05) is 12.7 Å². The highest BCUT2D eigenvalue weighted by Crippen LogP contribution is 2.16. The van der Waals surface area contributed by atoms with Gasteiger partial charge < -0.3 is 10.1 Å². The molecule has 1 aromatic rings. The number of rotatable bonds is 1. The third-order valence-corrected chi connectivity index (χ3v) is 2.30. The average molecular weight is 178 g/mol. The second kappa shape index (κ2) is 3.85. The molecule has 0 spiro atoms. The molecule has 0 aromatic carbocycles. The highest BCUT2D eigenvalue weighted by Gasteiger charge is 2.17. The first-order valence-corrected chi connectivity index (χ1v) is 4.60. The van der Waals surface area contributed by atoms with E-state index < -0.39 is 0 Å². The molecule has 1 aliphatic rings. The van der Waals surface area contributed by atoms with Crippen LogP contribution >= 0.6 is 0 Å². The molecule has 3 heteroatoms. The molecule has 1 atom stereocenters. The minimum Gasteiger partial charge on any atom is -0.378 e. The summed E-state index contributed by atoms with van der Waals surface area (Å²) in [6, 6.07) is 4.32. The van der Waals surface area contributed by atoms with Crippen molar-refractivity contribution in [1.29, 1.82) is 0 Å². The van der Waals surface area contributed by atoms with E-state index in [1.165, 1.54) is 5.56 Å². The molecule has 1 fully saturated rings. The van der Waals surface area contributed by atoms with Crippen molar-refractivity contribution in [2.75, 3.05) is 19.8 Å². The molecule has 1 aromatic heterocycles. The van der Waals surface area contributed by atoms with Crippen molar-refractivity contribution in [3.05, 3.63) is 29.6 Å². The molecule has 0 radical (unpaired) electrons. The molecule has 2 rings (SSSR count). The maximum Gasteiger partial charge on any atom is 0.0736 e. The Morgan fingerprint density at radius 3 is 3.23 bits per heavy atom. The lowest BCUT2D eigenvalue weighted by atomic mass is 10.1. The van der Waals surface area contributed by atoms with Crippen LogP contribution in [0.4, 0.5) is 0 Å². The third kappa shape index (κ3) is 1.87. The second-order valence-electron chi connectivity index (χ2n) is 3.29. The SMILES string of the molecule is Cc1cccnc1[C@@H]1COCCN1. The zero-order chi connectivity index (χ0) is 9.10. The van der Waals surface area contributed by atoms with Crippen LogP contribution in [0.3, 0.4) is 0 Å². The van der Waals surface area contributed by atoms with Crippen LogP contribution in [0.15, 0.2) is 18.3 Å². The molecule has 70 valence electrons. The molecule has 3 nitrogen and oxygen atoms in total. The molecule has 0 aliphatic carbocycles. The Morgan fingerprint density at radius 1 is 1.62 bits per heavy atom. The molecular weight excluding hydrogens is 164 g/mol. The fourth-order valence-electron chi connectivity index (χ4n) is 1.60. The molecule has 0 unspecified atom stereocenters. The molecule has 0 amide bonds. The Hall–Kier alpha value is -0.930. The van der Waals surface area contributed by atoms with Gasteiger partial charge in [-0.05, 0) is 18.6 Å². The first kappa shape index (κ1) is 8.66. The maximum absolute atomic E-state index is 5.39. The normalized spacial score (nSPS) is 23.0. The van der Waals surface area contributed by atoms with Crippen molar-refractivity contribution in [2.45, 2.75) is 13.0 Å². The molecule has 1 N–H and O–H groups in total. The minimum absolute atomic E-state index is 0.273. The summed E-state index contributed by atoms with van der Waals surface area (Å²) in [7, 11) is 0. The van der Waals surface area contributed by atoms with Gasteiger partial charge in [-0.3, -0.25) is 4.98 Å². The van der Waals surface area contributed by atoms with Crippen LogP contribution in [0.1, 0.15) is 17.3 Å². The van der Waals surface area contributed by atoms with E-state index >= 15 is 0 Å². The van der Waals surface area contributed by atoms with E-state index in [4.69, 9.17) is 4.74 Å². The minimum atomic E-state index is 0.273. The monoisotopic (exact) mass is 178 g/mol. The summed E-state index contributed by atoms with van der Waals surface area (Å²) in [5.41, 5.74) is 2.34. The predicted molar refractivity (Wildman–Crippen MR) is 50.5 cm³/mol. The fraction of sp³-hybridized carbons (Fsp3) is 0.500. The number of morpholine rings is 1. The molecule has 13 heavy (non-hydrogen) atoms. The Morgan fingerprint density at radius 2 is 2.54 bits per heavy atom. The molecule has 1 saturated heterocycles. The Balaban J connectivity index is 2.18. The largest absolute Gasteiger partial charge is 0.378 e. The Labute approximate surface area is 78.1 Å². The van der Waals surface area contributed by atoms with Gasteiger partial charge in [0.1, 0.15) is 0 Å². The van der Waals surface area contributed by atoms with Gasteiger partial charge >= 0.3 is 0 Å². The number of ether oxygens (including phenoxy) is 1. The standard InChI is InChI=1S/C10H14N2O/c1-8-3-2-4-12-10(8)9-7-13-6-5-11-9/h2-4,9,11H,5-7H2,1H3/t9-/m0/s1. The number of pyridine rings is 1. The van der Waals surface area contributed by atoms with Gasteiger partial charge in [0.25, 0.3) is 0 Å². The summed E-state index contributed by atoms with van der Waals surface area (Å²) >= 11 is 0. The average Bonchev–Trinajstić information content (AvgIpc) is 2.20. The van der Waals surface area contributed by atoms with Crippen LogP contribution in [0.5, 0.6) is 0 Å². The van der Waals surface area contributed by atoms with Gasteiger partial charge in [-0.25, -0.2) is 0 Å². The van der Waals surface area contributed by atoms with Gasteiger partial charge in [0.2, 0.25) is 0 Å². The lowest BCUT2D eigenvalue weighted by Gasteiger charge is -2.24. The maximum atomic E-state index is 5.39. The highest BCUT2D eigenvalue weighted by atomic mass is 16.5. The molecular formula is C10H14N2O. The quantitative estimate of drug-likeness (QED) is 0.698. The third-order valence-electron chi connectivity index (χ3n) is 2.30. The van der Waals surface area contributed by atoms with Crippen LogP contribution in [-0.2, 0) is 4.74 Å². The summed E-state index contributed by atoms with van der Waals surface area (Å²) < 4.78 is 5.39. The first-order valence-electron chi connectivity index (χ1n) is 4.60. The Bertz CT molecular complexity index is 282. The zero-order valence-corrected chi connectivity index (χ0v) is 7.79. The van der Waals surface area contributed by atoms with Gasteiger partial charge in [0.05, 0.1) is 24.9 Å². The zero-order valence-electron chi connectivity index (χ0n) is 7.79. The topological polar surface area (TPSA) is 34.1 Å². The summed E-state index contributed by atoms with van der Waals surface area (Å²) in [6.07, 6.45) is 1.83. The van der Waals surface area contributed by atoms with E-state index in [0.29, 0.717) is 0 Å². The molecule has 1 aliphatic heterocycles. The number of aryl methyl sites for hydroxylation is 1. The lowest BCUT2D eigenvalue weighted by molar-refractivity contribution is 0.0754. The van der Waals surface area contributed by atoms with Crippen LogP contribution in [-0.4, -0.2) is 24.7 Å². The van der Waals surface area contributed by atoms with Crippen molar-refractivity contribution < 1.29 is 4.74 Å². The van der Waals surface area contributed by atoms with Gasteiger partial charge in [-0.15, -0.1) is 0 Å². The first-order chi connectivity index (χ1) is 6.38. The highest BCUT2D eigenvalue weighted by molar-refractivity contribution is 5.21. The summed E-state index contributed by atoms with van der Waals surface area (Å²) in [4.78, 5) is 4.36. The van der Waals surface area contributed by atoms with Gasteiger partial charge in [-0.2, -0.15) is 0 Å². The van der Waals surface area contributed by atoms with E-state index in [0.717, 1.165) is 25.5 Å². The van der Waals surface area contributed by atoms with Crippen LogP contribution in [0, 0.1) is 6.92 Å². The van der Waals surface area contributed by atoms with Crippen LogP contribution in [0.2, 0.25) is 0 Å². The van der Waals surface area contributed by atoms with Crippen molar-refractivity contribution in [3.8, 4) is 0 Å². The number of hydrogen-bond acceptors (Lipinski definition) is 3. The van der Waals surface area contributed by atoms with E-state index in [2.05, 4.69) is 23.3 Å². The summed E-state index contributed by atoms with van der Waals surface area (Å²) in [5, 5.41) is 3.39. The summed E-state index contributed by atoms with van der Waals surface area (Å²) in [6.45, 7) is 4.54. The van der Waals surface area contributed by atoms with Crippen molar-refractivity contribution in [3.63, 3.8) is 0 Å². The number of nitrogens with zero attached hydrogens (tertiary/aromatic N) is 1. The van der Waals surface area contributed by atoms with Gasteiger partial charge in [0.15, 0.2) is 0 Å². The van der Waals surface area contributed by atoms with Crippen molar-refractivity contribution in [1.82, 2.24) is 10.3 Å². The van der Waals surface area contributed by atoms with E-state index in [9.17, 15) is 0 Å². The lowest BCUT2D eigenvalue weighted by Crippen LogP contribution is -2.35. The van der Waals surface area contributed by atoms with Crippen LogP contribution in [0.25, 0.3) is 0 Å². The Kier molecular flexibility index (Phi) is 2.57. The smallest absolute Gasteiger partial charge is 0.0736 e. The van der Waals surface area contributed by atoms with E-state index in [1.807, 2.05) is 12.3 Å². The number of hydrogen-bond donors (Lipinski definition) is 1. The van der Waals surface area contributed by atoms with Crippen molar-refractivity contribution in [2.24, 2.45) is 0 Å². The van der Waals surface area contributed by atoms with Crippen molar-refractivity contribution >= 4 is 0 Å². The van der Waals surface area contributed by atoms with Crippen LogP contribution < -0.4 is 5.32 Å². The molecule has 0 saturated carbocycles. The molecule has 0 bridgehead atoms. The van der Waals surface area contributed by atoms with E-state index in [1.54, 1.807) is 0 Å². The number of nitrogens with one attached hydrogen (secondary N) is 1.